The molecule has 2 N–H and O–H groups in total. The van der Waals surface area contributed by atoms with Crippen molar-refractivity contribution in [3.63, 3.8) is 0 Å². The van der Waals surface area contributed by atoms with Crippen molar-refractivity contribution < 1.29 is 0 Å². The molecule has 0 aliphatic heterocycles. The van der Waals surface area contributed by atoms with Gasteiger partial charge in [0.2, 0.25) is 0 Å². The molecule has 0 fully saturated rings. The van der Waals surface area contributed by atoms with E-state index in [1.165, 1.54) is 16.7 Å². The standard InChI is InChI=1S/C20H26N2S/c1-5-19(17-10-8-16(9-11-17)14(2)3)22-20(23)21-18-12-6-15(4)7-13-18/h6-14,19H,5H2,1-4H3,(H2,21,22,23). The summed E-state index contributed by atoms with van der Waals surface area (Å²) in [6, 6.07) is 17.3. The topological polar surface area (TPSA) is 24.1 Å². The quantitative estimate of drug-likeness (QED) is 0.704. The summed E-state index contributed by atoms with van der Waals surface area (Å²) in [6.45, 7) is 8.67. The van der Waals surface area contributed by atoms with Crippen LogP contribution in [0.5, 0.6) is 0 Å². The first-order chi connectivity index (χ1) is 11.0. The van der Waals surface area contributed by atoms with E-state index in [1.807, 2.05) is 12.1 Å². The van der Waals surface area contributed by atoms with Gasteiger partial charge in [-0.25, -0.2) is 0 Å². The summed E-state index contributed by atoms with van der Waals surface area (Å²) in [5, 5.41) is 7.33. The molecule has 0 aliphatic rings. The Kier molecular flexibility index (Phi) is 6.17. The van der Waals surface area contributed by atoms with Gasteiger partial charge in [-0.1, -0.05) is 62.7 Å². The SMILES string of the molecule is CCC(NC(=S)Nc1ccc(C)cc1)c1ccc(C(C)C)cc1. The molecule has 122 valence electrons. The largest absolute Gasteiger partial charge is 0.356 e. The second kappa shape index (κ2) is 8.11. The Balaban J connectivity index is 2.00. The van der Waals surface area contributed by atoms with Crippen LogP contribution in [0.2, 0.25) is 0 Å². The Morgan fingerprint density at radius 2 is 1.52 bits per heavy atom. The van der Waals surface area contributed by atoms with Crippen molar-refractivity contribution in [2.75, 3.05) is 5.32 Å². The minimum atomic E-state index is 0.224. The molecular formula is C20H26N2S. The van der Waals surface area contributed by atoms with Gasteiger partial charge in [-0.3, -0.25) is 0 Å². The third-order valence-corrected chi connectivity index (χ3v) is 4.25. The summed E-state index contributed by atoms with van der Waals surface area (Å²) in [7, 11) is 0. The van der Waals surface area contributed by atoms with Crippen LogP contribution in [0, 0.1) is 6.92 Å². The lowest BCUT2D eigenvalue weighted by Crippen LogP contribution is -2.32. The van der Waals surface area contributed by atoms with Gasteiger partial charge < -0.3 is 10.6 Å². The summed E-state index contributed by atoms with van der Waals surface area (Å²) in [5.74, 6) is 0.557. The van der Waals surface area contributed by atoms with Gasteiger partial charge in [-0.05, 0) is 54.7 Å². The molecule has 0 bridgehead atoms. The van der Waals surface area contributed by atoms with Crippen LogP contribution < -0.4 is 10.6 Å². The molecule has 2 nitrogen and oxygen atoms in total. The van der Waals surface area contributed by atoms with E-state index in [-0.39, 0.29) is 6.04 Å². The zero-order chi connectivity index (χ0) is 16.8. The minimum absolute atomic E-state index is 0.224. The molecule has 0 spiro atoms. The number of benzene rings is 2. The molecule has 2 aromatic carbocycles. The molecule has 0 aliphatic carbocycles. The van der Waals surface area contributed by atoms with E-state index in [2.05, 4.69) is 74.7 Å². The highest BCUT2D eigenvalue weighted by Gasteiger charge is 2.11. The highest BCUT2D eigenvalue weighted by atomic mass is 32.1. The maximum absolute atomic E-state index is 5.46. The second-order valence-corrected chi connectivity index (χ2v) is 6.65. The van der Waals surface area contributed by atoms with Gasteiger partial charge >= 0.3 is 0 Å². The van der Waals surface area contributed by atoms with Crippen LogP contribution in [-0.4, -0.2) is 5.11 Å². The van der Waals surface area contributed by atoms with Crippen molar-refractivity contribution in [1.29, 1.82) is 0 Å². The molecule has 0 saturated carbocycles. The lowest BCUT2D eigenvalue weighted by atomic mass is 9.98. The molecule has 2 rings (SSSR count). The molecule has 0 radical (unpaired) electrons. The van der Waals surface area contributed by atoms with E-state index in [9.17, 15) is 0 Å². The maximum Gasteiger partial charge on any atom is 0.171 e. The van der Waals surface area contributed by atoms with Crippen LogP contribution in [0.15, 0.2) is 48.5 Å². The highest BCUT2D eigenvalue weighted by molar-refractivity contribution is 7.80. The lowest BCUT2D eigenvalue weighted by Gasteiger charge is -2.20. The summed E-state index contributed by atoms with van der Waals surface area (Å²) < 4.78 is 0. The average Bonchev–Trinajstić information content (AvgIpc) is 2.55. The van der Waals surface area contributed by atoms with Crippen molar-refractivity contribution in [3.05, 3.63) is 65.2 Å². The summed E-state index contributed by atoms with van der Waals surface area (Å²) in [5.41, 5.74) is 4.89. The normalized spacial score (nSPS) is 12.0. The van der Waals surface area contributed by atoms with Crippen LogP contribution in [0.25, 0.3) is 0 Å². The van der Waals surface area contributed by atoms with E-state index in [0.29, 0.717) is 11.0 Å². The predicted octanol–water partition coefficient (Wildman–Crippen LogP) is 5.56. The maximum atomic E-state index is 5.46. The van der Waals surface area contributed by atoms with Crippen LogP contribution >= 0.6 is 12.2 Å². The first-order valence-electron chi connectivity index (χ1n) is 8.23. The third-order valence-electron chi connectivity index (χ3n) is 4.03. The molecule has 0 saturated heterocycles. The highest BCUT2D eigenvalue weighted by Crippen LogP contribution is 2.21. The van der Waals surface area contributed by atoms with Crippen LogP contribution in [-0.2, 0) is 0 Å². The molecule has 3 heteroatoms. The molecule has 1 atom stereocenters. The zero-order valence-electron chi connectivity index (χ0n) is 14.4. The van der Waals surface area contributed by atoms with Crippen molar-refractivity contribution >= 4 is 23.0 Å². The Hall–Kier alpha value is -1.87. The fraction of sp³-hybridized carbons (Fsp3) is 0.350. The first-order valence-corrected chi connectivity index (χ1v) is 8.64. The molecule has 0 heterocycles. The summed E-state index contributed by atoms with van der Waals surface area (Å²) in [4.78, 5) is 0. The Morgan fingerprint density at radius 1 is 0.957 bits per heavy atom. The van der Waals surface area contributed by atoms with Gasteiger partial charge in [0.15, 0.2) is 5.11 Å². The van der Waals surface area contributed by atoms with Crippen molar-refractivity contribution in [2.45, 2.75) is 46.1 Å². The van der Waals surface area contributed by atoms with E-state index < -0.39 is 0 Å². The molecular weight excluding hydrogens is 300 g/mol. The number of thiocarbonyl (C=S) groups is 1. The van der Waals surface area contributed by atoms with Gasteiger partial charge in [0.25, 0.3) is 0 Å². The van der Waals surface area contributed by atoms with Crippen molar-refractivity contribution in [2.24, 2.45) is 0 Å². The van der Waals surface area contributed by atoms with Crippen molar-refractivity contribution in [3.8, 4) is 0 Å². The fourth-order valence-corrected chi connectivity index (χ4v) is 2.76. The first kappa shape index (κ1) is 17.5. The Bertz CT molecular complexity index is 630. The number of aryl methyl sites for hydroxylation is 1. The fourth-order valence-electron chi connectivity index (χ4n) is 2.50. The molecule has 2 aromatic rings. The number of hydrogen-bond acceptors (Lipinski definition) is 1. The monoisotopic (exact) mass is 326 g/mol. The van der Waals surface area contributed by atoms with Crippen LogP contribution in [0.1, 0.15) is 55.8 Å². The lowest BCUT2D eigenvalue weighted by molar-refractivity contribution is 0.628. The number of nitrogens with one attached hydrogen (secondary N) is 2. The third kappa shape index (κ3) is 5.07. The van der Waals surface area contributed by atoms with E-state index in [4.69, 9.17) is 12.2 Å². The smallest absolute Gasteiger partial charge is 0.171 e. The molecule has 1 unspecified atom stereocenters. The Labute approximate surface area is 145 Å². The van der Waals surface area contributed by atoms with E-state index in [0.717, 1.165) is 12.1 Å². The van der Waals surface area contributed by atoms with Gasteiger partial charge in [0.1, 0.15) is 0 Å². The number of hydrogen-bond donors (Lipinski definition) is 2. The average molecular weight is 327 g/mol. The van der Waals surface area contributed by atoms with Crippen molar-refractivity contribution in [1.82, 2.24) is 5.32 Å². The van der Waals surface area contributed by atoms with E-state index >= 15 is 0 Å². The molecule has 0 amide bonds. The second-order valence-electron chi connectivity index (χ2n) is 6.25. The number of rotatable bonds is 5. The van der Waals surface area contributed by atoms with Gasteiger partial charge in [0.05, 0.1) is 6.04 Å². The summed E-state index contributed by atoms with van der Waals surface area (Å²) >= 11 is 5.46. The van der Waals surface area contributed by atoms with Crippen LogP contribution in [0.3, 0.4) is 0 Å². The summed E-state index contributed by atoms with van der Waals surface area (Å²) in [6.07, 6.45) is 0.983. The number of anilines is 1. The van der Waals surface area contributed by atoms with Gasteiger partial charge in [-0.15, -0.1) is 0 Å². The minimum Gasteiger partial charge on any atom is -0.356 e. The van der Waals surface area contributed by atoms with E-state index in [1.54, 1.807) is 0 Å². The molecule has 0 aromatic heterocycles. The predicted molar refractivity (Wildman–Crippen MR) is 104 cm³/mol. The molecule has 23 heavy (non-hydrogen) atoms. The van der Waals surface area contributed by atoms with Crippen LogP contribution in [0.4, 0.5) is 5.69 Å². The van der Waals surface area contributed by atoms with Gasteiger partial charge in [0, 0.05) is 5.69 Å². The zero-order valence-corrected chi connectivity index (χ0v) is 15.2. The Morgan fingerprint density at radius 3 is 2.04 bits per heavy atom. The van der Waals surface area contributed by atoms with Gasteiger partial charge in [-0.2, -0.15) is 0 Å².